The molecule has 312 valence electrons. The highest BCUT2D eigenvalue weighted by Crippen LogP contribution is 2.47. The zero-order valence-corrected chi connectivity index (χ0v) is 33.8. The number of aliphatic imine (C=N–C) groups is 1. The normalized spacial score (nSPS) is 24.2. The Bertz CT molecular complexity index is 1480. The second-order valence-corrected chi connectivity index (χ2v) is 16.9. The van der Waals surface area contributed by atoms with Crippen molar-refractivity contribution in [2.45, 2.75) is 153 Å². The Labute approximate surface area is 334 Å². The van der Waals surface area contributed by atoms with E-state index >= 15 is 0 Å². The van der Waals surface area contributed by atoms with Gasteiger partial charge in [-0.15, -0.1) is 4.99 Å². The lowest BCUT2D eigenvalue weighted by Crippen LogP contribution is -2.34. The average molecular weight is 780 g/mol. The number of nitrogens with one attached hydrogen (secondary N) is 1. The monoisotopic (exact) mass is 780 g/mol. The van der Waals surface area contributed by atoms with Crippen molar-refractivity contribution >= 4 is 11.5 Å². The Kier molecular flexibility index (Phi) is 17.6. The van der Waals surface area contributed by atoms with E-state index < -0.39 is 18.3 Å². The quantitative estimate of drug-likeness (QED) is 0.0472. The van der Waals surface area contributed by atoms with Crippen molar-refractivity contribution in [2.24, 2.45) is 28.5 Å². The fourth-order valence-corrected chi connectivity index (χ4v) is 9.02. The van der Waals surface area contributed by atoms with Crippen LogP contribution in [0.5, 0.6) is 11.5 Å². The molecule has 1 aromatic rings. The molecule has 11 nitrogen and oxygen atoms in total. The third-order valence-electron chi connectivity index (χ3n) is 12.2. The minimum atomic E-state index is -0.940. The number of hydrogen-bond donors (Lipinski definition) is 7. The second kappa shape index (κ2) is 22.3. The molecule has 0 amide bonds. The number of aliphatic hydroxyl groups is 4. The van der Waals surface area contributed by atoms with Crippen LogP contribution in [0.3, 0.4) is 0 Å². The topological polar surface area (TPSA) is 187 Å². The number of aryl methyl sites for hydroxylation is 1. The van der Waals surface area contributed by atoms with E-state index in [1.807, 2.05) is 18.2 Å². The summed E-state index contributed by atoms with van der Waals surface area (Å²) in [5.41, 5.74) is 10.4. The number of Topliss-reactive ketones (excluding diaryl/α,β-unsaturated/α-hetero) is 1. The maximum atomic E-state index is 11.2. The van der Waals surface area contributed by atoms with Gasteiger partial charge >= 0.3 is 0 Å². The smallest absolute Gasteiger partial charge is 0.189 e. The van der Waals surface area contributed by atoms with Gasteiger partial charge in [0.05, 0.1) is 24.2 Å². The molecule has 0 saturated heterocycles. The number of phenolic OH excluding ortho intramolecular Hbond substituents is 1. The first-order valence-corrected chi connectivity index (χ1v) is 21.5. The molecule has 2 heterocycles. The van der Waals surface area contributed by atoms with E-state index in [-0.39, 0.29) is 36.9 Å². The van der Waals surface area contributed by atoms with E-state index in [1.165, 1.54) is 24.8 Å². The third kappa shape index (κ3) is 13.3. The highest BCUT2D eigenvalue weighted by atomic mass is 16.5. The Morgan fingerprint density at radius 1 is 1.11 bits per heavy atom. The Hall–Kier alpha value is -2.90. The molecule has 2 saturated carbocycles. The van der Waals surface area contributed by atoms with Crippen LogP contribution >= 0.6 is 0 Å². The van der Waals surface area contributed by atoms with Crippen molar-refractivity contribution in [3.05, 3.63) is 59.2 Å². The summed E-state index contributed by atoms with van der Waals surface area (Å²) in [6, 6.07) is 5.96. The molecule has 2 fully saturated rings. The van der Waals surface area contributed by atoms with E-state index in [0.717, 1.165) is 87.3 Å². The van der Waals surface area contributed by atoms with Crippen molar-refractivity contribution in [2.75, 3.05) is 26.3 Å². The summed E-state index contributed by atoms with van der Waals surface area (Å²) in [5, 5.41) is 55.2. The number of ether oxygens (including phenoxy) is 2. The molecule has 56 heavy (non-hydrogen) atoms. The van der Waals surface area contributed by atoms with Crippen LogP contribution in [0.15, 0.2) is 46.5 Å². The number of benzene rings is 1. The first-order valence-electron chi connectivity index (χ1n) is 21.5. The Morgan fingerprint density at radius 3 is 2.71 bits per heavy atom. The zero-order chi connectivity index (χ0) is 40.0. The van der Waals surface area contributed by atoms with E-state index in [4.69, 9.17) is 20.2 Å². The van der Waals surface area contributed by atoms with Crippen molar-refractivity contribution in [1.82, 2.24) is 5.32 Å². The van der Waals surface area contributed by atoms with Gasteiger partial charge in [0.2, 0.25) is 0 Å². The molecule has 11 heteroatoms. The fourth-order valence-electron chi connectivity index (χ4n) is 9.02. The molecule has 2 aliphatic heterocycles. The van der Waals surface area contributed by atoms with Crippen molar-refractivity contribution in [3.8, 4) is 11.5 Å². The lowest BCUT2D eigenvalue weighted by atomic mass is 9.80. The van der Waals surface area contributed by atoms with E-state index in [2.05, 4.69) is 11.4 Å². The van der Waals surface area contributed by atoms with Crippen LogP contribution in [0.1, 0.15) is 122 Å². The third-order valence-corrected chi connectivity index (χ3v) is 12.2. The van der Waals surface area contributed by atoms with Gasteiger partial charge in [0.1, 0.15) is 18.0 Å². The Balaban J connectivity index is 1.02. The fraction of sp³-hybridized carbons (Fsp3) is 0.689. The standard InChI is InChI=1S/C45H69N3O8/c1-29(50)12-17-35(52)18-16-34(46)9-5-3-4-6-11-44-33(27-49)23-36(56-44)19-13-31-14-21-42(53)45(22-31)55-28-43(54)41-24-38-39(26-47-25-30(2)51)37-10-7-8-32(37)15-20-40(38)48-41/h14,21-24,30,32,34-35,37,39,43-44,47,49,51-54H,3-13,15-20,25-28,46H2,1-2H3/t30-,32+,34-,35+,37-,39-,43-,44?/m0/s1. The number of fused-ring (bicyclic) bond motifs is 2. The number of carbonyl (C=O) groups excluding carboxylic acids is 1. The maximum absolute atomic E-state index is 11.2. The van der Waals surface area contributed by atoms with Crippen LogP contribution in [0, 0.1) is 29.9 Å². The molecule has 0 aromatic heterocycles. The van der Waals surface area contributed by atoms with Crippen LogP contribution in [-0.2, 0) is 16.0 Å². The summed E-state index contributed by atoms with van der Waals surface area (Å²) in [4.78, 5) is 16.0. The maximum Gasteiger partial charge on any atom is 0.189 e. The molecule has 0 radical (unpaired) electrons. The molecular formula is C45H69N3O8. The number of nitrogens with zero attached hydrogens (tertiary/aromatic N) is 1. The van der Waals surface area contributed by atoms with Gasteiger partial charge in [-0.25, -0.2) is 0 Å². The van der Waals surface area contributed by atoms with Gasteiger partial charge in [0.15, 0.2) is 29.4 Å². The number of aromatic hydroxyl groups is 1. The van der Waals surface area contributed by atoms with Crippen LogP contribution in [0.25, 0.3) is 0 Å². The van der Waals surface area contributed by atoms with Gasteiger partial charge in [-0.2, -0.15) is 11.6 Å². The molecule has 5 rings (SSSR count). The summed E-state index contributed by atoms with van der Waals surface area (Å²) in [6.07, 6.45) is 18.2. The zero-order valence-electron chi connectivity index (χ0n) is 33.8. The molecule has 8 N–H and O–H groups in total. The summed E-state index contributed by atoms with van der Waals surface area (Å²) in [7, 11) is 0. The van der Waals surface area contributed by atoms with Crippen molar-refractivity contribution < 1.29 is 39.8 Å². The second-order valence-electron chi connectivity index (χ2n) is 16.9. The predicted octanol–water partition coefficient (Wildman–Crippen LogP) is 5.80. The van der Waals surface area contributed by atoms with Gasteiger partial charge < -0.3 is 50.9 Å². The number of phenols is 1. The Morgan fingerprint density at radius 2 is 1.93 bits per heavy atom. The van der Waals surface area contributed by atoms with Crippen LogP contribution in [0.4, 0.5) is 0 Å². The van der Waals surface area contributed by atoms with Crippen molar-refractivity contribution in [1.29, 1.82) is 0 Å². The number of ketones is 1. The van der Waals surface area contributed by atoms with E-state index in [1.54, 1.807) is 19.9 Å². The molecule has 1 aromatic carbocycles. The highest BCUT2D eigenvalue weighted by Gasteiger charge is 2.47. The molecule has 1 unspecified atom stereocenters. The highest BCUT2D eigenvalue weighted by molar-refractivity contribution is 6.04. The number of unbranched alkanes of at least 4 members (excludes halogenated alkanes) is 3. The average Bonchev–Trinajstić information content (AvgIpc) is 3.91. The summed E-state index contributed by atoms with van der Waals surface area (Å²) in [6.45, 7) is 4.61. The molecule has 4 aliphatic rings. The first-order chi connectivity index (χ1) is 27.0. The minimum Gasteiger partial charge on any atom is -0.504 e. The van der Waals surface area contributed by atoms with Gasteiger partial charge in [-0.3, -0.25) is 0 Å². The number of rotatable bonds is 25. The number of hydrogen-bond acceptors (Lipinski definition) is 11. The molecule has 2 aliphatic carbocycles. The van der Waals surface area contributed by atoms with Crippen LogP contribution in [-0.4, -0.2) is 93.8 Å². The summed E-state index contributed by atoms with van der Waals surface area (Å²) >= 11 is 0. The van der Waals surface area contributed by atoms with Gasteiger partial charge in [0.25, 0.3) is 0 Å². The van der Waals surface area contributed by atoms with E-state index in [9.17, 15) is 30.3 Å². The van der Waals surface area contributed by atoms with Crippen LogP contribution in [0.2, 0.25) is 0 Å². The van der Waals surface area contributed by atoms with Crippen molar-refractivity contribution in [3.63, 3.8) is 0 Å². The molecule has 0 spiro atoms. The minimum absolute atomic E-state index is 0.0120. The number of carbonyl (C=O) groups is 1. The van der Waals surface area contributed by atoms with Gasteiger partial charge in [-0.05, 0) is 94.7 Å². The largest absolute Gasteiger partial charge is 0.504 e. The SMILES string of the molecule is CC(=O)CC[C@@H](O)CC[C@@H](N)CCCCCCC1O[C-](CCc2ccc(O)c(OC[C@H](O)[C+]3C=C4C(=N3)CC[C@H]3CCC[C@@H]3[C@@H]4CNC[C@H](C)O)c2)C=C1CO. The summed E-state index contributed by atoms with van der Waals surface area (Å²) in [5.74, 6) is 2.02. The molecule has 8 atom stereocenters. The van der Waals surface area contributed by atoms with Gasteiger partial charge in [0, 0.05) is 44.7 Å². The lowest BCUT2D eigenvalue weighted by molar-refractivity contribution is -0.117. The number of aliphatic hydroxyl groups excluding tert-OH is 4. The first kappa shape index (κ1) is 44.2. The van der Waals surface area contributed by atoms with Gasteiger partial charge in [-0.1, -0.05) is 57.1 Å². The summed E-state index contributed by atoms with van der Waals surface area (Å²) < 4.78 is 12.3. The van der Waals surface area contributed by atoms with Crippen LogP contribution < -0.4 is 15.8 Å². The predicted molar refractivity (Wildman–Crippen MR) is 219 cm³/mol. The molecule has 0 bridgehead atoms. The van der Waals surface area contributed by atoms with E-state index in [0.29, 0.717) is 68.2 Å². The molecular weight excluding hydrogens is 711 g/mol. The lowest BCUT2D eigenvalue weighted by Gasteiger charge is -2.24. The number of nitrogens with two attached hydrogens (primary N) is 1.